The minimum absolute atomic E-state index is 0.144. The predicted octanol–water partition coefficient (Wildman–Crippen LogP) is 3.42. The molecule has 2 heterocycles. The summed E-state index contributed by atoms with van der Waals surface area (Å²) in [4.78, 5) is 6.81. The summed E-state index contributed by atoms with van der Waals surface area (Å²) < 4.78 is 19.2. The van der Waals surface area contributed by atoms with Gasteiger partial charge in [-0.05, 0) is 38.3 Å². The third-order valence-corrected chi connectivity index (χ3v) is 4.38. The molecule has 0 radical (unpaired) electrons. The van der Waals surface area contributed by atoms with Crippen LogP contribution in [0.3, 0.4) is 0 Å². The van der Waals surface area contributed by atoms with E-state index in [1.165, 1.54) is 6.07 Å². The predicted molar refractivity (Wildman–Crippen MR) is 75.1 cm³/mol. The van der Waals surface area contributed by atoms with Gasteiger partial charge in [0, 0.05) is 18.0 Å². The Balaban J connectivity index is 1.52. The summed E-state index contributed by atoms with van der Waals surface area (Å²) in [6.45, 7) is 1.55. The molecule has 4 rings (SSSR count). The first kappa shape index (κ1) is 13.0. The Morgan fingerprint density at radius 2 is 2.10 bits per heavy atom. The quantitative estimate of drug-likeness (QED) is 0.864. The summed E-state index contributed by atoms with van der Waals surface area (Å²) in [5, 5.41) is 4.15. The molecule has 1 saturated carbocycles. The van der Waals surface area contributed by atoms with Crippen molar-refractivity contribution in [1.29, 1.82) is 0 Å². The van der Waals surface area contributed by atoms with Crippen LogP contribution in [-0.4, -0.2) is 21.6 Å². The molecule has 1 aromatic heterocycles. The Labute approximate surface area is 123 Å². The zero-order valence-corrected chi connectivity index (χ0v) is 11.8. The molecule has 1 saturated heterocycles. The van der Waals surface area contributed by atoms with Gasteiger partial charge in [0.15, 0.2) is 5.82 Å². The molecule has 2 fully saturated rings. The number of rotatable bonds is 4. The van der Waals surface area contributed by atoms with Gasteiger partial charge in [0.05, 0.1) is 6.04 Å². The minimum Gasteiger partial charge on any atom is -0.339 e. The molecule has 1 unspecified atom stereocenters. The highest BCUT2D eigenvalue weighted by Crippen LogP contribution is 2.40. The molecule has 110 valence electrons. The van der Waals surface area contributed by atoms with E-state index in [0.717, 1.165) is 49.5 Å². The van der Waals surface area contributed by atoms with Crippen molar-refractivity contribution in [2.75, 3.05) is 6.54 Å². The van der Waals surface area contributed by atoms with Gasteiger partial charge in [-0.3, -0.25) is 4.90 Å². The Hall–Kier alpha value is -1.75. The van der Waals surface area contributed by atoms with Crippen LogP contribution in [0.15, 0.2) is 28.8 Å². The van der Waals surface area contributed by atoms with E-state index in [0.29, 0.717) is 12.5 Å². The number of likely N-dealkylation sites (tertiary alicyclic amines) is 1. The number of nitrogens with zero attached hydrogens (tertiary/aromatic N) is 3. The number of aromatic nitrogens is 2. The molecular formula is C16H18FN3O. The number of hydrogen-bond donors (Lipinski definition) is 0. The van der Waals surface area contributed by atoms with E-state index < -0.39 is 0 Å². The van der Waals surface area contributed by atoms with Crippen molar-refractivity contribution < 1.29 is 8.91 Å². The summed E-state index contributed by atoms with van der Waals surface area (Å²) in [6, 6.07) is 7.11. The lowest BCUT2D eigenvalue weighted by Gasteiger charge is -2.22. The van der Waals surface area contributed by atoms with Gasteiger partial charge in [0.1, 0.15) is 5.82 Å². The number of halogens is 1. The number of benzene rings is 1. The summed E-state index contributed by atoms with van der Waals surface area (Å²) in [5.41, 5.74) is 0.732. The summed E-state index contributed by atoms with van der Waals surface area (Å²) in [6.07, 6.45) is 4.42. The van der Waals surface area contributed by atoms with Crippen LogP contribution < -0.4 is 0 Å². The van der Waals surface area contributed by atoms with Crippen LogP contribution in [0, 0.1) is 5.82 Å². The molecular weight excluding hydrogens is 269 g/mol. The fourth-order valence-corrected chi connectivity index (χ4v) is 3.03. The van der Waals surface area contributed by atoms with Crippen molar-refractivity contribution in [2.24, 2.45) is 0 Å². The van der Waals surface area contributed by atoms with E-state index in [2.05, 4.69) is 15.0 Å². The Kier molecular flexibility index (Phi) is 3.22. The van der Waals surface area contributed by atoms with Crippen molar-refractivity contribution in [3.05, 3.63) is 47.4 Å². The van der Waals surface area contributed by atoms with Crippen LogP contribution in [0.2, 0.25) is 0 Å². The molecule has 1 atom stereocenters. The lowest BCUT2D eigenvalue weighted by atomic mass is 10.1. The lowest BCUT2D eigenvalue weighted by molar-refractivity contribution is 0.231. The SMILES string of the molecule is Fc1ccccc1CN1CCCC1c1noc(C2CC2)n1. The molecule has 1 aliphatic heterocycles. The van der Waals surface area contributed by atoms with Crippen molar-refractivity contribution in [2.45, 2.75) is 44.2 Å². The molecule has 21 heavy (non-hydrogen) atoms. The van der Waals surface area contributed by atoms with E-state index in [4.69, 9.17) is 4.52 Å². The molecule has 0 spiro atoms. The summed E-state index contributed by atoms with van der Waals surface area (Å²) in [7, 11) is 0. The van der Waals surface area contributed by atoms with E-state index in [-0.39, 0.29) is 11.9 Å². The van der Waals surface area contributed by atoms with Gasteiger partial charge >= 0.3 is 0 Å². The van der Waals surface area contributed by atoms with Crippen molar-refractivity contribution in [3.8, 4) is 0 Å². The average Bonchev–Trinajstić information content (AvgIpc) is 3.05. The summed E-state index contributed by atoms with van der Waals surface area (Å²) in [5.74, 6) is 1.89. The van der Waals surface area contributed by atoms with Gasteiger partial charge in [-0.1, -0.05) is 23.4 Å². The van der Waals surface area contributed by atoms with Crippen molar-refractivity contribution in [1.82, 2.24) is 15.0 Å². The normalized spacial score (nSPS) is 22.8. The first-order valence-corrected chi connectivity index (χ1v) is 7.62. The molecule has 2 aromatic rings. The van der Waals surface area contributed by atoms with Crippen LogP contribution in [-0.2, 0) is 6.54 Å². The molecule has 1 aliphatic carbocycles. The lowest BCUT2D eigenvalue weighted by Crippen LogP contribution is -2.24. The van der Waals surface area contributed by atoms with E-state index >= 15 is 0 Å². The second-order valence-electron chi connectivity index (χ2n) is 5.98. The molecule has 2 aliphatic rings. The largest absolute Gasteiger partial charge is 0.339 e. The highest BCUT2D eigenvalue weighted by atomic mass is 19.1. The van der Waals surface area contributed by atoms with E-state index in [9.17, 15) is 4.39 Å². The molecule has 0 amide bonds. The molecule has 0 bridgehead atoms. The highest BCUT2D eigenvalue weighted by Gasteiger charge is 2.34. The van der Waals surface area contributed by atoms with E-state index in [1.54, 1.807) is 6.07 Å². The van der Waals surface area contributed by atoms with Gasteiger partial charge < -0.3 is 4.52 Å². The maximum absolute atomic E-state index is 13.8. The Morgan fingerprint density at radius 3 is 2.90 bits per heavy atom. The maximum atomic E-state index is 13.8. The molecule has 4 nitrogen and oxygen atoms in total. The Bertz CT molecular complexity index is 638. The van der Waals surface area contributed by atoms with E-state index in [1.807, 2.05) is 12.1 Å². The number of hydrogen-bond acceptors (Lipinski definition) is 4. The van der Waals surface area contributed by atoms with Crippen molar-refractivity contribution >= 4 is 0 Å². The fourth-order valence-electron chi connectivity index (χ4n) is 3.03. The third-order valence-electron chi connectivity index (χ3n) is 4.38. The van der Waals surface area contributed by atoms with Crippen LogP contribution >= 0.6 is 0 Å². The fraction of sp³-hybridized carbons (Fsp3) is 0.500. The highest BCUT2D eigenvalue weighted by molar-refractivity contribution is 5.18. The molecule has 0 N–H and O–H groups in total. The van der Waals surface area contributed by atoms with Gasteiger partial charge in [-0.2, -0.15) is 4.98 Å². The van der Waals surface area contributed by atoms with Gasteiger partial charge in [-0.25, -0.2) is 4.39 Å². The zero-order chi connectivity index (χ0) is 14.2. The first-order chi connectivity index (χ1) is 10.3. The Morgan fingerprint density at radius 1 is 1.24 bits per heavy atom. The topological polar surface area (TPSA) is 42.2 Å². The molecule has 1 aromatic carbocycles. The smallest absolute Gasteiger partial charge is 0.229 e. The monoisotopic (exact) mass is 287 g/mol. The minimum atomic E-state index is -0.144. The third kappa shape index (κ3) is 2.58. The van der Waals surface area contributed by atoms with Crippen LogP contribution in [0.5, 0.6) is 0 Å². The van der Waals surface area contributed by atoms with Crippen molar-refractivity contribution in [3.63, 3.8) is 0 Å². The van der Waals surface area contributed by atoms with Gasteiger partial charge in [0.25, 0.3) is 0 Å². The first-order valence-electron chi connectivity index (χ1n) is 7.62. The van der Waals surface area contributed by atoms with Gasteiger partial charge in [0.2, 0.25) is 5.89 Å². The second kappa shape index (κ2) is 5.22. The summed E-state index contributed by atoms with van der Waals surface area (Å²) >= 11 is 0. The average molecular weight is 287 g/mol. The maximum Gasteiger partial charge on any atom is 0.229 e. The zero-order valence-electron chi connectivity index (χ0n) is 11.8. The second-order valence-corrected chi connectivity index (χ2v) is 5.98. The standard InChI is InChI=1S/C16H18FN3O/c17-13-5-2-1-4-12(13)10-20-9-3-6-14(20)15-18-16(21-19-15)11-7-8-11/h1-2,4-5,11,14H,3,6-10H2. The van der Waals surface area contributed by atoms with Crippen LogP contribution in [0.1, 0.15) is 54.9 Å². The van der Waals surface area contributed by atoms with Gasteiger partial charge in [-0.15, -0.1) is 0 Å². The molecule has 5 heteroatoms. The van der Waals surface area contributed by atoms with Crippen LogP contribution in [0.4, 0.5) is 4.39 Å². The van der Waals surface area contributed by atoms with Crippen LogP contribution in [0.25, 0.3) is 0 Å².